The lowest BCUT2D eigenvalue weighted by atomic mass is 10.0. The highest BCUT2D eigenvalue weighted by Crippen LogP contribution is 2.31. The van der Waals surface area contributed by atoms with Crippen molar-refractivity contribution in [1.29, 1.82) is 0 Å². The molecular formula is C41H53N8O4+. The third kappa shape index (κ3) is 9.37. The summed E-state index contributed by atoms with van der Waals surface area (Å²) < 4.78 is 7.89. The minimum atomic E-state index is -0.713. The number of nitrogens with two attached hydrogens (primary N) is 2. The van der Waals surface area contributed by atoms with Gasteiger partial charge >= 0.3 is 5.97 Å². The Morgan fingerprint density at radius 3 is 2.11 bits per heavy atom. The van der Waals surface area contributed by atoms with Gasteiger partial charge in [0, 0.05) is 35.2 Å². The van der Waals surface area contributed by atoms with E-state index < -0.39 is 18.1 Å². The van der Waals surface area contributed by atoms with Crippen LogP contribution < -0.4 is 22.1 Å². The lowest BCUT2D eigenvalue weighted by Gasteiger charge is -2.30. The number of aryl methyl sites for hydroxylation is 1. The van der Waals surface area contributed by atoms with Gasteiger partial charge in [0.1, 0.15) is 30.5 Å². The molecule has 2 aromatic heterocycles. The van der Waals surface area contributed by atoms with Gasteiger partial charge in [0.25, 0.3) is 0 Å². The number of methoxy groups -OCH3 is 1. The zero-order valence-electron chi connectivity index (χ0n) is 31.9. The number of esters is 1. The summed E-state index contributed by atoms with van der Waals surface area (Å²) in [7, 11) is 5.76. The second-order valence-electron chi connectivity index (χ2n) is 14.9. The summed E-state index contributed by atoms with van der Waals surface area (Å²) >= 11 is 0. The van der Waals surface area contributed by atoms with Crippen LogP contribution >= 0.6 is 0 Å². The molecule has 12 heteroatoms. The van der Waals surface area contributed by atoms with Gasteiger partial charge in [0.2, 0.25) is 11.8 Å². The van der Waals surface area contributed by atoms with E-state index in [-0.39, 0.29) is 17.7 Å². The number of fused-ring (bicyclic) bond motifs is 3. The molecule has 12 nitrogen and oxygen atoms in total. The molecule has 6 N–H and O–H groups in total. The number of unbranched alkanes of at least 4 members (excludes halogenated alkanes) is 1. The van der Waals surface area contributed by atoms with Crippen molar-refractivity contribution in [3.63, 3.8) is 0 Å². The summed E-state index contributed by atoms with van der Waals surface area (Å²) in [4.78, 5) is 46.8. The molecule has 3 aromatic carbocycles. The number of nitrogen functional groups attached to an aromatic ring is 1. The molecule has 280 valence electrons. The molecule has 2 amide bonds. The average Bonchev–Trinajstić information content (AvgIpc) is 3.49. The number of imidazole rings is 1. The van der Waals surface area contributed by atoms with Crippen LogP contribution in [0.4, 0.5) is 11.5 Å². The molecule has 2 atom stereocenters. The number of carbonyl (C=O) groups is 3. The van der Waals surface area contributed by atoms with Gasteiger partial charge in [0.05, 0.1) is 43.8 Å². The molecule has 0 aliphatic heterocycles. The van der Waals surface area contributed by atoms with Crippen LogP contribution in [0, 0.1) is 5.92 Å². The maximum atomic E-state index is 12.7. The fourth-order valence-corrected chi connectivity index (χ4v) is 6.50. The number of pyridine rings is 1. The van der Waals surface area contributed by atoms with Gasteiger partial charge in [-0.05, 0) is 55.2 Å². The van der Waals surface area contributed by atoms with Crippen LogP contribution in [-0.2, 0) is 40.4 Å². The molecule has 0 saturated heterocycles. The van der Waals surface area contributed by atoms with Crippen molar-refractivity contribution >= 4 is 51.2 Å². The van der Waals surface area contributed by atoms with Crippen molar-refractivity contribution in [2.75, 3.05) is 32.3 Å². The number of hydrogen-bond acceptors (Lipinski definition) is 8. The number of amides is 2. The molecule has 0 spiro atoms. The summed E-state index contributed by atoms with van der Waals surface area (Å²) in [5.74, 6) is 0.204. The zero-order chi connectivity index (χ0) is 38.4. The van der Waals surface area contributed by atoms with E-state index in [2.05, 4.69) is 65.5 Å². The van der Waals surface area contributed by atoms with Gasteiger partial charge in [0.15, 0.2) is 5.82 Å². The topological polar surface area (TPSA) is 167 Å². The van der Waals surface area contributed by atoms with Gasteiger partial charge < -0.3 is 35.9 Å². The molecule has 0 bridgehead atoms. The van der Waals surface area contributed by atoms with Gasteiger partial charge in [-0.2, -0.15) is 0 Å². The number of nitrogens with zero attached hydrogens (tertiary/aromatic N) is 4. The first kappa shape index (κ1) is 38.9. The van der Waals surface area contributed by atoms with Crippen LogP contribution in [0.1, 0.15) is 73.4 Å². The normalized spacial score (nSPS) is 12.9. The molecule has 0 aliphatic carbocycles. The Labute approximate surface area is 311 Å². The number of nitrogens with one attached hydrogen (secondary N) is 2. The maximum Gasteiger partial charge on any atom is 0.337 e. The Kier molecular flexibility index (Phi) is 12.2. The molecule has 0 aliphatic rings. The molecule has 0 radical (unpaired) electrons. The summed E-state index contributed by atoms with van der Waals surface area (Å²) in [5, 5.41) is 6.45. The predicted molar refractivity (Wildman–Crippen MR) is 210 cm³/mol. The molecule has 0 saturated carbocycles. The van der Waals surface area contributed by atoms with Crippen LogP contribution in [0.5, 0.6) is 0 Å². The van der Waals surface area contributed by atoms with Gasteiger partial charge in [-0.15, -0.1) is 0 Å². The average molecular weight is 722 g/mol. The minimum absolute atomic E-state index is 0.0230. The highest BCUT2D eigenvalue weighted by atomic mass is 16.5. The standard InChI is InChI=1S/C41H52N8O4/c1-8-9-10-34-47-36-37(32-20-17-30(41(52)53-7)21-33(32)46-38(36)43)48(34)22-27-11-13-28(14-12-27)23-49(5,6)24-29-15-18-31(19-16-29)45-39(50)26(4)44-40(51)35(42)25(2)3/h11-21,25-26,35H,8-10,22-24,42H2,1-7H3,(H3-,43,44,45,46,50,51)/p+1. The van der Waals surface area contributed by atoms with Crippen LogP contribution in [0.25, 0.3) is 21.9 Å². The van der Waals surface area contributed by atoms with Crippen molar-refractivity contribution in [2.45, 2.75) is 78.7 Å². The number of aromatic nitrogens is 3. The molecule has 2 unspecified atom stereocenters. The Balaban J connectivity index is 1.27. The molecule has 2 heterocycles. The molecule has 5 rings (SSSR count). The van der Waals surface area contributed by atoms with Crippen molar-refractivity contribution in [3.05, 3.63) is 94.8 Å². The van der Waals surface area contributed by atoms with E-state index in [9.17, 15) is 14.4 Å². The lowest BCUT2D eigenvalue weighted by molar-refractivity contribution is -0.916. The third-order valence-corrected chi connectivity index (χ3v) is 9.54. The highest BCUT2D eigenvalue weighted by molar-refractivity contribution is 6.08. The van der Waals surface area contributed by atoms with Gasteiger partial charge in [-0.3, -0.25) is 9.59 Å². The molecule has 5 aromatic rings. The number of benzene rings is 3. The van der Waals surface area contributed by atoms with E-state index in [1.807, 2.05) is 44.2 Å². The fourth-order valence-electron chi connectivity index (χ4n) is 6.50. The third-order valence-electron chi connectivity index (χ3n) is 9.54. The van der Waals surface area contributed by atoms with Crippen molar-refractivity contribution in [1.82, 2.24) is 19.9 Å². The van der Waals surface area contributed by atoms with Crippen LogP contribution in [0.15, 0.2) is 66.7 Å². The summed E-state index contributed by atoms with van der Waals surface area (Å²) in [6.45, 7) is 9.76. The van der Waals surface area contributed by atoms with E-state index in [1.54, 1.807) is 19.1 Å². The van der Waals surface area contributed by atoms with E-state index in [4.69, 9.17) is 21.2 Å². The fraction of sp³-hybridized carbons (Fsp3) is 0.390. The number of anilines is 2. The Morgan fingerprint density at radius 2 is 1.51 bits per heavy atom. The number of hydrogen-bond donors (Lipinski definition) is 4. The van der Waals surface area contributed by atoms with Crippen LogP contribution in [-0.4, -0.2) is 70.1 Å². The Bertz CT molecular complexity index is 2090. The molecular weight excluding hydrogens is 669 g/mol. The van der Waals surface area contributed by atoms with E-state index >= 15 is 0 Å². The van der Waals surface area contributed by atoms with Crippen molar-refractivity contribution in [3.8, 4) is 0 Å². The first-order valence-corrected chi connectivity index (χ1v) is 18.2. The lowest BCUT2D eigenvalue weighted by Crippen LogP contribution is -2.50. The maximum absolute atomic E-state index is 12.7. The molecule has 53 heavy (non-hydrogen) atoms. The monoisotopic (exact) mass is 721 g/mol. The summed E-state index contributed by atoms with van der Waals surface area (Å²) in [6, 6.07) is 20.5. The summed E-state index contributed by atoms with van der Waals surface area (Å²) in [5.41, 5.74) is 19.1. The smallest absolute Gasteiger partial charge is 0.337 e. The number of quaternary nitrogens is 1. The Morgan fingerprint density at radius 1 is 0.887 bits per heavy atom. The predicted octanol–water partition coefficient (Wildman–Crippen LogP) is 5.55. The second-order valence-corrected chi connectivity index (χ2v) is 14.9. The van der Waals surface area contributed by atoms with Gasteiger partial charge in [-0.1, -0.05) is 63.6 Å². The SMILES string of the molecule is CCCCc1nc2c(N)nc3cc(C(=O)OC)ccc3c2n1Cc1ccc(C[N+](C)(C)Cc2ccc(NC(=O)C(C)NC(=O)C(N)C(C)C)cc2)cc1. The second kappa shape index (κ2) is 16.6. The van der Waals surface area contributed by atoms with Crippen LogP contribution in [0.3, 0.4) is 0 Å². The number of ether oxygens (including phenoxy) is 1. The van der Waals surface area contributed by atoms with E-state index in [0.29, 0.717) is 34.6 Å². The summed E-state index contributed by atoms with van der Waals surface area (Å²) in [6.07, 6.45) is 2.85. The van der Waals surface area contributed by atoms with Crippen molar-refractivity contribution < 1.29 is 23.6 Å². The van der Waals surface area contributed by atoms with E-state index in [0.717, 1.165) is 64.7 Å². The Hall–Kier alpha value is -5.33. The van der Waals surface area contributed by atoms with Gasteiger partial charge in [-0.25, -0.2) is 14.8 Å². The highest BCUT2D eigenvalue weighted by Gasteiger charge is 2.23. The molecule has 0 fully saturated rings. The minimum Gasteiger partial charge on any atom is -0.465 e. The largest absolute Gasteiger partial charge is 0.465 e. The first-order chi connectivity index (χ1) is 25.2. The first-order valence-electron chi connectivity index (χ1n) is 18.2. The van der Waals surface area contributed by atoms with E-state index in [1.165, 1.54) is 12.7 Å². The van der Waals surface area contributed by atoms with Crippen LogP contribution in [0.2, 0.25) is 0 Å². The number of carbonyl (C=O) groups excluding carboxylic acids is 3. The van der Waals surface area contributed by atoms with Crippen molar-refractivity contribution in [2.24, 2.45) is 11.7 Å². The quantitative estimate of drug-likeness (QED) is 0.0807. The number of rotatable bonds is 15. The zero-order valence-corrected chi connectivity index (χ0v) is 31.9.